The number of benzene rings is 1. The standard InChI is InChI=1S/C18H22O2S/c19-18(20)11-7-2-1-6-10-17-16(12-13-21-17)14-15-8-4-3-5-9-15/h3-5,8-9,12-13H,1-2,6-7,10-11,14H2,(H,19,20). The van der Waals surface area contributed by atoms with Gasteiger partial charge in [0.1, 0.15) is 0 Å². The highest BCUT2D eigenvalue weighted by Gasteiger charge is 2.05. The van der Waals surface area contributed by atoms with Crippen LogP contribution in [-0.2, 0) is 17.6 Å². The molecule has 0 aliphatic rings. The molecule has 0 aliphatic heterocycles. The van der Waals surface area contributed by atoms with Crippen molar-refractivity contribution in [3.05, 3.63) is 57.8 Å². The number of aryl methyl sites for hydroxylation is 1. The predicted molar refractivity (Wildman–Crippen MR) is 88.0 cm³/mol. The lowest BCUT2D eigenvalue weighted by molar-refractivity contribution is -0.137. The zero-order valence-corrected chi connectivity index (χ0v) is 13.1. The quantitative estimate of drug-likeness (QED) is 0.668. The Labute approximate surface area is 130 Å². The molecule has 3 heteroatoms. The van der Waals surface area contributed by atoms with Crippen LogP contribution < -0.4 is 0 Å². The second-order valence-corrected chi connectivity index (χ2v) is 6.34. The normalized spacial score (nSPS) is 10.7. The lowest BCUT2D eigenvalue weighted by Gasteiger charge is -2.04. The average Bonchev–Trinajstić information content (AvgIpc) is 2.91. The van der Waals surface area contributed by atoms with Gasteiger partial charge in [-0.2, -0.15) is 0 Å². The fourth-order valence-electron chi connectivity index (χ4n) is 2.48. The molecule has 0 unspecified atom stereocenters. The van der Waals surface area contributed by atoms with E-state index in [1.54, 1.807) is 0 Å². The van der Waals surface area contributed by atoms with Crippen molar-refractivity contribution >= 4 is 17.3 Å². The van der Waals surface area contributed by atoms with Crippen molar-refractivity contribution in [3.63, 3.8) is 0 Å². The van der Waals surface area contributed by atoms with Crippen LogP contribution in [0.5, 0.6) is 0 Å². The molecule has 0 aliphatic carbocycles. The van der Waals surface area contributed by atoms with Crippen LogP contribution in [0.1, 0.15) is 48.1 Å². The lowest BCUT2D eigenvalue weighted by Crippen LogP contribution is -1.94. The minimum absolute atomic E-state index is 0.304. The molecule has 0 radical (unpaired) electrons. The smallest absolute Gasteiger partial charge is 0.303 e. The first-order valence-electron chi connectivity index (χ1n) is 7.56. The first-order valence-corrected chi connectivity index (χ1v) is 8.44. The van der Waals surface area contributed by atoms with Crippen molar-refractivity contribution < 1.29 is 9.90 Å². The number of hydrogen-bond donors (Lipinski definition) is 1. The zero-order chi connectivity index (χ0) is 14.9. The van der Waals surface area contributed by atoms with E-state index < -0.39 is 5.97 Å². The van der Waals surface area contributed by atoms with Crippen molar-refractivity contribution in [2.24, 2.45) is 0 Å². The van der Waals surface area contributed by atoms with Crippen LogP contribution in [0.4, 0.5) is 0 Å². The monoisotopic (exact) mass is 302 g/mol. The Morgan fingerprint density at radius 2 is 1.76 bits per heavy atom. The Hall–Kier alpha value is -1.61. The third-order valence-corrected chi connectivity index (χ3v) is 4.64. The largest absolute Gasteiger partial charge is 0.481 e. The molecule has 1 aromatic heterocycles. The molecular weight excluding hydrogens is 280 g/mol. The van der Waals surface area contributed by atoms with Crippen molar-refractivity contribution in [1.82, 2.24) is 0 Å². The van der Waals surface area contributed by atoms with E-state index in [9.17, 15) is 4.79 Å². The van der Waals surface area contributed by atoms with Crippen LogP contribution in [0.2, 0.25) is 0 Å². The number of carboxylic acids is 1. The van der Waals surface area contributed by atoms with Crippen LogP contribution in [0, 0.1) is 0 Å². The van der Waals surface area contributed by atoms with Gasteiger partial charge in [0.2, 0.25) is 0 Å². The minimum atomic E-state index is -0.682. The van der Waals surface area contributed by atoms with E-state index in [-0.39, 0.29) is 0 Å². The maximum Gasteiger partial charge on any atom is 0.303 e. The first kappa shape index (κ1) is 15.8. The van der Waals surface area contributed by atoms with E-state index in [4.69, 9.17) is 5.11 Å². The number of thiophene rings is 1. The SMILES string of the molecule is O=C(O)CCCCCCc1sccc1Cc1ccccc1. The molecule has 2 aromatic rings. The summed E-state index contributed by atoms with van der Waals surface area (Å²) < 4.78 is 0. The lowest BCUT2D eigenvalue weighted by atomic mass is 10.0. The molecule has 2 rings (SSSR count). The Morgan fingerprint density at radius 3 is 2.52 bits per heavy atom. The third-order valence-electron chi connectivity index (χ3n) is 3.62. The van der Waals surface area contributed by atoms with Crippen molar-refractivity contribution in [3.8, 4) is 0 Å². The molecule has 112 valence electrons. The highest BCUT2D eigenvalue weighted by molar-refractivity contribution is 7.10. The van der Waals surface area contributed by atoms with Crippen molar-refractivity contribution in [1.29, 1.82) is 0 Å². The molecule has 2 nitrogen and oxygen atoms in total. The first-order chi connectivity index (χ1) is 10.3. The van der Waals surface area contributed by atoms with Gasteiger partial charge >= 0.3 is 5.97 Å². The van der Waals surface area contributed by atoms with Crippen LogP contribution in [0.15, 0.2) is 41.8 Å². The van der Waals surface area contributed by atoms with Gasteiger partial charge in [0.05, 0.1) is 0 Å². The van der Waals surface area contributed by atoms with Crippen LogP contribution >= 0.6 is 11.3 Å². The van der Waals surface area contributed by atoms with Gasteiger partial charge < -0.3 is 5.11 Å². The Balaban J connectivity index is 1.74. The Bertz CT molecular complexity index is 545. The molecular formula is C18H22O2S. The zero-order valence-electron chi connectivity index (χ0n) is 12.3. The highest BCUT2D eigenvalue weighted by Crippen LogP contribution is 2.22. The maximum atomic E-state index is 10.4. The summed E-state index contributed by atoms with van der Waals surface area (Å²) in [6.07, 6.45) is 6.53. The van der Waals surface area contributed by atoms with Gasteiger partial charge in [0, 0.05) is 11.3 Å². The maximum absolute atomic E-state index is 10.4. The number of hydrogen-bond acceptors (Lipinski definition) is 2. The topological polar surface area (TPSA) is 37.3 Å². The number of carboxylic acid groups (broad SMARTS) is 1. The number of carbonyl (C=O) groups is 1. The van der Waals surface area contributed by atoms with Gasteiger partial charge in [-0.1, -0.05) is 43.2 Å². The summed E-state index contributed by atoms with van der Waals surface area (Å²) in [5.41, 5.74) is 2.80. The molecule has 0 amide bonds. The molecule has 0 fully saturated rings. The van der Waals surface area contributed by atoms with E-state index in [1.165, 1.54) is 16.0 Å². The van der Waals surface area contributed by atoms with Gasteiger partial charge in [-0.25, -0.2) is 0 Å². The summed E-state index contributed by atoms with van der Waals surface area (Å²) in [6.45, 7) is 0. The molecule has 0 saturated carbocycles. The third kappa shape index (κ3) is 5.72. The Kier molecular flexibility index (Phi) is 6.48. The second-order valence-electron chi connectivity index (χ2n) is 5.34. The van der Waals surface area contributed by atoms with Crippen LogP contribution in [0.3, 0.4) is 0 Å². The summed E-state index contributed by atoms with van der Waals surface area (Å²) >= 11 is 1.84. The van der Waals surface area contributed by atoms with Gasteiger partial charge in [-0.3, -0.25) is 4.79 Å². The number of rotatable bonds is 9. The molecule has 0 saturated heterocycles. The summed E-state index contributed by atoms with van der Waals surface area (Å²) in [4.78, 5) is 11.9. The molecule has 0 spiro atoms. The molecule has 0 bridgehead atoms. The van der Waals surface area contributed by atoms with E-state index in [0.29, 0.717) is 6.42 Å². The van der Waals surface area contributed by atoms with Crippen LogP contribution in [-0.4, -0.2) is 11.1 Å². The van der Waals surface area contributed by atoms with Crippen molar-refractivity contribution in [2.45, 2.75) is 44.9 Å². The van der Waals surface area contributed by atoms with E-state index in [2.05, 4.69) is 41.8 Å². The minimum Gasteiger partial charge on any atom is -0.481 e. The van der Waals surface area contributed by atoms with E-state index >= 15 is 0 Å². The summed E-state index contributed by atoms with van der Waals surface area (Å²) in [5, 5.41) is 10.8. The Morgan fingerprint density at radius 1 is 1.00 bits per heavy atom. The second kappa shape index (κ2) is 8.63. The van der Waals surface area contributed by atoms with Crippen LogP contribution in [0.25, 0.3) is 0 Å². The molecule has 1 aromatic carbocycles. The molecule has 21 heavy (non-hydrogen) atoms. The average molecular weight is 302 g/mol. The van der Waals surface area contributed by atoms with E-state index in [0.717, 1.165) is 38.5 Å². The summed E-state index contributed by atoms with van der Waals surface area (Å²) in [7, 11) is 0. The summed E-state index contributed by atoms with van der Waals surface area (Å²) in [5.74, 6) is -0.682. The fourth-order valence-corrected chi connectivity index (χ4v) is 3.43. The van der Waals surface area contributed by atoms with Crippen molar-refractivity contribution in [2.75, 3.05) is 0 Å². The highest BCUT2D eigenvalue weighted by atomic mass is 32.1. The van der Waals surface area contributed by atoms with Gasteiger partial charge in [0.15, 0.2) is 0 Å². The predicted octanol–water partition coefficient (Wildman–Crippen LogP) is 4.92. The van der Waals surface area contributed by atoms with E-state index in [1.807, 2.05) is 11.3 Å². The fraction of sp³-hybridized carbons (Fsp3) is 0.389. The van der Waals surface area contributed by atoms with Gasteiger partial charge in [0.25, 0.3) is 0 Å². The number of unbranched alkanes of at least 4 members (excludes halogenated alkanes) is 3. The summed E-state index contributed by atoms with van der Waals surface area (Å²) in [6, 6.07) is 12.8. The van der Waals surface area contributed by atoms with Gasteiger partial charge in [-0.05, 0) is 48.3 Å². The van der Waals surface area contributed by atoms with Gasteiger partial charge in [-0.15, -0.1) is 11.3 Å². The number of aliphatic carboxylic acids is 1. The molecule has 1 N–H and O–H groups in total. The molecule has 0 atom stereocenters. The molecule has 1 heterocycles.